The molecule has 1 unspecified atom stereocenters. The standard InChI is InChI=1S/C14H17F3N2O2.ClH/c1-13(6-7-18-9-13)12(20)19-8-10-4-2-3-5-11(10)21-14(15,16)17;/h2-5,18H,6-9H2,1H3,(H,19,20);1H. The van der Waals surface area contributed by atoms with Crippen LogP contribution in [0.2, 0.25) is 0 Å². The predicted molar refractivity (Wildman–Crippen MR) is 77.8 cm³/mol. The molecule has 0 radical (unpaired) electrons. The maximum absolute atomic E-state index is 12.3. The fourth-order valence-electron chi connectivity index (χ4n) is 2.27. The molecule has 1 saturated heterocycles. The lowest BCUT2D eigenvalue weighted by Crippen LogP contribution is -2.40. The number of carbonyl (C=O) groups is 1. The highest BCUT2D eigenvalue weighted by Gasteiger charge is 2.36. The van der Waals surface area contributed by atoms with Crippen molar-refractivity contribution in [2.45, 2.75) is 26.3 Å². The molecule has 1 aliphatic heterocycles. The maximum atomic E-state index is 12.3. The van der Waals surface area contributed by atoms with Crippen LogP contribution in [0.4, 0.5) is 13.2 Å². The van der Waals surface area contributed by atoms with Crippen LogP contribution in [-0.2, 0) is 11.3 Å². The molecule has 0 spiro atoms. The molecule has 4 nitrogen and oxygen atoms in total. The van der Waals surface area contributed by atoms with Gasteiger partial charge in [-0.05, 0) is 26.0 Å². The quantitative estimate of drug-likeness (QED) is 0.887. The third-order valence-corrected chi connectivity index (χ3v) is 3.55. The smallest absolute Gasteiger partial charge is 0.405 e. The number of nitrogens with one attached hydrogen (secondary N) is 2. The third kappa shape index (κ3) is 4.78. The Kier molecular flexibility index (Phi) is 6.08. The first-order valence-corrected chi connectivity index (χ1v) is 6.63. The van der Waals surface area contributed by atoms with Gasteiger partial charge in [0.05, 0.1) is 5.41 Å². The number of benzene rings is 1. The largest absolute Gasteiger partial charge is 0.573 e. The van der Waals surface area contributed by atoms with Crippen molar-refractivity contribution in [1.82, 2.24) is 10.6 Å². The molecule has 0 aliphatic carbocycles. The van der Waals surface area contributed by atoms with Gasteiger partial charge in [-0.1, -0.05) is 18.2 Å². The van der Waals surface area contributed by atoms with Crippen LogP contribution in [-0.4, -0.2) is 25.4 Å². The molecule has 0 saturated carbocycles. The molecule has 124 valence electrons. The first-order valence-electron chi connectivity index (χ1n) is 6.63. The van der Waals surface area contributed by atoms with Crippen molar-refractivity contribution in [2.75, 3.05) is 13.1 Å². The molecule has 1 amide bonds. The van der Waals surface area contributed by atoms with Crippen molar-refractivity contribution in [3.8, 4) is 5.75 Å². The van der Waals surface area contributed by atoms with E-state index in [-0.39, 0.29) is 36.2 Å². The Morgan fingerprint density at radius 2 is 2.09 bits per heavy atom. The zero-order valence-electron chi connectivity index (χ0n) is 12.0. The Hall–Kier alpha value is -1.47. The summed E-state index contributed by atoms with van der Waals surface area (Å²) in [5, 5.41) is 5.78. The molecule has 0 aromatic heterocycles. The zero-order valence-corrected chi connectivity index (χ0v) is 12.8. The van der Waals surface area contributed by atoms with Crippen molar-refractivity contribution in [1.29, 1.82) is 0 Å². The van der Waals surface area contributed by atoms with Crippen molar-refractivity contribution in [2.24, 2.45) is 5.41 Å². The van der Waals surface area contributed by atoms with Gasteiger partial charge in [0.2, 0.25) is 5.91 Å². The van der Waals surface area contributed by atoms with E-state index >= 15 is 0 Å². The molecular formula is C14H18ClF3N2O2. The molecule has 1 aromatic rings. The number of hydrogen-bond acceptors (Lipinski definition) is 3. The molecular weight excluding hydrogens is 321 g/mol. The second-order valence-corrected chi connectivity index (χ2v) is 5.33. The van der Waals surface area contributed by atoms with Crippen LogP contribution in [0.15, 0.2) is 24.3 Å². The second kappa shape index (κ2) is 7.19. The van der Waals surface area contributed by atoms with Crippen LogP contribution in [0.3, 0.4) is 0 Å². The van der Waals surface area contributed by atoms with E-state index in [0.717, 1.165) is 6.54 Å². The number of amides is 1. The Labute approximate surface area is 132 Å². The van der Waals surface area contributed by atoms with Crippen molar-refractivity contribution >= 4 is 18.3 Å². The topological polar surface area (TPSA) is 50.4 Å². The Morgan fingerprint density at radius 1 is 1.41 bits per heavy atom. The van der Waals surface area contributed by atoms with Crippen LogP contribution < -0.4 is 15.4 Å². The molecule has 1 atom stereocenters. The molecule has 1 heterocycles. The number of rotatable bonds is 4. The fourth-order valence-corrected chi connectivity index (χ4v) is 2.27. The number of para-hydroxylation sites is 1. The van der Waals surface area contributed by atoms with Gasteiger partial charge in [0.15, 0.2) is 0 Å². The van der Waals surface area contributed by atoms with Gasteiger partial charge in [0, 0.05) is 18.7 Å². The number of hydrogen-bond donors (Lipinski definition) is 2. The molecule has 8 heteroatoms. The van der Waals surface area contributed by atoms with Gasteiger partial charge in [0.25, 0.3) is 0 Å². The monoisotopic (exact) mass is 338 g/mol. The fraction of sp³-hybridized carbons (Fsp3) is 0.500. The van der Waals surface area contributed by atoms with Crippen LogP contribution in [0, 0.1) is 5.41 Å². The third-order valence-electron chi connectivity index (χ3n) is 3.55. The van der Waals surface area contributed by atoms with E-state index < -0.39 is 11.8 Å². The summed E-state index contributed by atoms with van der Waals surface area (Å²) in [6.45, 7) is 3.17. The highest BCUT2D eigenvalue weighted by atomic mass is 35.5. The molecule has 22 heavy (non-hydrogen) atoms. The van der Waals surface area contributed by atoms with Gasteiger partial charge in [-0.3, -0.25) is 4.79 Å². The normalized spacial score (nSPS) is 21.1. The predicted octanol–water partition coefficient (Wildman–Crippen LogP) is 2.62. The summed E-state index contributed by atoms with van der Waals surface area (Å²) >= 11 is 0. The number of carbonyl (C=O) groups excluding carboxylic acids is 1. The minimum absolute atomic E-state index is 0. The summed E-state index contributed by atoms with van der Waals surface area (Å²) in [6.07, 6.45) is -4.04. The van der Waals surface area contributed by atoms with E-state index in [9.17, 15) is 18.0 Å². The average Bonchev–Trinajstić information content (AvgIpc) is 2.84. The molecule has 1 fully saturated rings. The highest BCUT2D eigenvalue weighted by Crippen LogP contribution is 2.27. The molecule has 2 rings (SSSR count). The summed E-state index contributed by atoms with van der Waals surface area (Å²) in [4.78, 5) is 12.1. The van der Waals surface area contributed by atoms with E-state index in [0.29, 0.717) is 13.0 Å². The van der Waals surface area contributed by atoms with E-state index in [4.69, 9.17) is 0 Å². The van der Waals surface area contributed by atoms with Crippen LogP contribution in [0.25, 0.3) is 0 Å². The maximum Gasteiger partial charge on any atom is 0.573 e. The summed E-state index contributed by atoms with van der Waals surface area (Å²) in [7, 11) is 0. The van der Waals surface area contributed by atoms with E-state index in [1.807, 2.05) is 6.92 Å². The van der Waals surface area contributed by atoms with E-state index in [1.165, 1.54) is 18.2 Å². The zero-order chi connectivity index (χ0) is 15.5. The lowest BCUT2D eigenvalue weighted by atomic mass is 9.89. The van der Waals surface area contributed by atoms with Crippen LogP contribution in [0.1, 0.15) is 18.9 Å². The average molecular weight is 339 g/mol. The SMILES string of the molecule is CC1(C(=O)NCc2ccccc2OC(F)(F)F)CCNC1.Cl. The molecule has 0 bridgehead atoms. The lowest BCUT2D eigenvalue weighted by molar-refractivity contribution is -0.274. The number of halogens is 4. The van der Waals surface area contributed by atoms with E-state index in [1.54, 1.807) is 6.07 Å². The Bertz CT molecular complexity index is 517. The van der Waals surface area contributed by atoms with Crippen LogP contribution >= 0.6 is 12.4 Å². The summed E-state index contributed by atoms with van der Waals surface area (Å²) in [5.41, 5.74) is -0.224. The Morgan fingerprint density at radius 3 is 2.68 bits per heavy atom. The summed E-state index contributed by atoms with van der Waals surface area (Å²) in [5.74, 6) is -0.464. The molecule has 1 aromatic carbocycles. The van der Waals surface area contributed by atoms with Crippen molar-refractivity contribution in [3.63, 3.8) is 0 Å². The number of ether oxygens (including phenoxy) is 1. The first-order chi connectivity index (χ1) is 9.80. The van der Waals surface area contributed by atoms with Gasteiger partial charge in [-0.25, -0.2) is 0 Å². The van der Waals surface area contributed by atoms with Gasteiger partial charge in [-0.2, -0.15) is 0 Å². The minimum atomic E-state index is -4.75. The highest BCUT2D eigenvalue weighted by molar-refractivity contribution is 5.85. The summed E-state index contributed by atoms with van der Waals surface area (Å²) in [6, 6.07) is 5.78. The van der Waals surface area contributed by atoms with Gasteiger partial charge in [0.1, 0.15) is 5.75 Å². The second-order valence-electron chi connectivity index (χ2n) is 5.33. The first kappa shape index (κ1) is 18.6. The van der Waals surface area contributed by atoms with Crippen molar-refractivity contribution < 1.29 is 22.7 Å². The van der Waals surface area contributed by atoms with Crippen LogP contribution in [0.5, 0.6) is 5.75 Å². The van der Waals surface area contributed by atoms with Gasteiger partial charge in [-0.15, -0.1) is 25.6 Å². The molecule has 2 N–H and O–H groups in total. The van der Waals surface area contributed by atoms with E-state index in [2.05, 4.69) is 15.4 Å². The van der Waals surface area contributed by atoms with Gasteiger partial charge >= 0.3 is 6.36 Å². The molecule has 1 aliphatic rings. The Balaban J connectivity index is 0.00000242. The summed E-state index contributed by atoms with van der Waals surface area (Å²) < 4.78 is 40.9. The lowest BCUT2D eigenvalue weighted by Gasteiger charge is -2.22. The van der Waals surface area contributed by atoms with Gasteiger partial charge < -0.3 is 15.4 Å². The number of alkyl halides is 3. The van der Waals surface area contributed by atoms with Crippen molar-refractivity contribution in [3.05, 3.63) is 29.8 Å². The minimum Gasteiger partial charge on any atom is -0.405 e.